The van der Waals surface area contributed by atoms with Crippen LogP contribution in [0.2, 0.25) is 0 Å². The molecule has 0 aromatic heterocycles. The normalized spacial score (nSPS) is 32.2. The number of nitrogens with one attached hydrogen (secondary N) is 5. The average molecular weight is 1660 g/mol. The summed E-state index contributed by atoms with van der Waals surface area (Å²) in [6, 6.07) is -17.9. The van der Waals surface area contributed by atoms with Gasteiger partial charge >= 0.3 is 0 Å². The smallest absolute Gasteiger partial charge is 0.266 e. The van der Waals surface area contributed by atoms with Crippen molar-refractivity contribution in [3.63, 3.8) is 0 Å². The first-order chi connectivity index (χ1) is 53.4. The second-order valence-corrected chi connectivity index (χ2v) is 34.6. The van der Waals surface area contributed by atoms with Gasteiger partial charge in [-0.3, -0.25) is 71.7 Å². The predicted octanol–water partition coefficient (Wildman–Crippen LogP) is -12.3. The molecule has 0 spiro atoms. The highest BCUT2D eigenvalue weighted by Crippen LogP contribution is 2.37. The highest BCUT2D eigenvalue weighted by atomic mass is 33.1. The Morgan fingerprint density at radius 2 is 0.673 bits per heavy atom. The molecule has 0 aromatic rings. The van der Waals surface area contributed by atoms with Gasteiger partial charge in [-0.15, -0.1) is 5.92 Å². The van der Waals surface area contributed by atoms with E-state index in [1.807, 2.05) is 0 Å². The lowest BCUT2D eigenvalue weighted by Crippen LogP contribution is -2.59. The first-order valence-corrected chi connectivity index (χ1v) is 41.7. The van der Waals surface area contributed by atoms with E-state index >= 15 is 14.4 Å². The van der Waals surface area contributed by atoms with E-state index in [0.717, 1.165) is 49.0 Å². The van der Waals surface area contributed by atoms with Gasteiger partial charge in [-0.05, 0) is 20.9 Å². The van der Waals surface area contributed by atoms with Crippen LogP contribution in [0.1, 0.15) is 84.5 Å². The van der Waals surface area contributed by atoms with Crippen LogP contribution in [0.25, 0.3) is 0 Å². The molecule has 628 valence electrons. The first kappa shape index (κ1) is 87.7. The molecule has 22 atom stereocenters. The summed E-state index contributed by atoms with van der Waals surface area (Å²) >= 11 is 0. The highest BCUT2D eigenvalue weighted by Gasteiger charge is 2.58. The predicted molar refractivity (Wildman–Crippen MR) is 390 cm³/mol. The summed E-state index contributed by atoms with van der Waals surface area (Å²) in [7, 11) is -0.569. The van der Waals surface area contributed by atoms with Gasteiger partial charge in [-0.25, -0.2) is 0 Å². The summed E-state index contributed by atoms with van der Waals surface area (Å²) in [5, 5.41) is 123. The van der Waals surface area contributed by atoms with Crippen LogP contribution in [0.4, 0.5) is 0 Å². The Balaban J connectivity index is 0.764. The van der Waals surface area contributed by atoms with Crippen molar-refractivity contribution in [2.24, 2.45) is 0 Å². The zero-order valence-corrected chi connectivity index (χ0v) is 64.9. The molecule has 0 saturated carbocycles. The molecule has 0 aliphatic carbocycles. The fourth-order valence-electron chi connectivity index (χ4n) is 16.9. The molecule has 10 heterocycles. The Morgan fingerprint density at radius 1 is 0.398 bits per heavy atom. The average Bonchev–Trinajstić information content (AvgIpc) is 1.62. The molecule has 0 radical (unpaired) electrons. The molecule has 22 unspecified atom stereocenters. The van der Waals surface area contributed by atoms with Gasteiger partial charge in [-0.2, -0.15) is 8.42 Å². The van der Waals surface area contributed by atoms with Crippen molar-refractivity contribution in [1.29, 1.82) is 0 Å². The maximum absolute atomic E-state index is 15.0. The van der Waals surface area contributed by atoms with Gasteiger partial charge < -0.3 is 127 Å². The number of aliphatic hydroxyl groups is 10. The quantitative estimate of drug-likeness (QED) is 0.0165. The molecule has 10 fully saturated rings. The van der Waals surface area contributed by atoms with E-state index in [4.69, 9.17) is 0 Å². The van der Waals surface area contributed by atoms with Gasteiger partial charge in [-0.1, -0.05) is 27.5 Å². The molecule has 0 bridgehead atoms. The molecular formula is C68H101N15O27S3. The largest absolute Gasteiger partial charge is 0.391 e. The topological polar surface area (TPSA) is 588 Å². The molecule has 10 rings (SSSR count). The fraction of sp³-hybridized carbons (Fsp3) is 0.765. The van der Waals surface area contributed by atoms with Crippen molar-refractivity contribution >= 4 is 114 Å². The number of hydrogen-bond acceptors (Lipinski definition) is 29. The third kappa shape index (κ3) is 20.4. The summed E-state index contributed by atoms with van der Waals surface area (Å²) in [4.78, 5) is 208. The minimum atomic E-state index is -4.62. The van der Waals surface area contributed by atoms with E-state index in [1.54, 1.807) is 6.92 Å². The van der Waals surface area contributed by atoms with Crippen LogP contribution in [-0.2, 0) is 77.2 Å². The zero-order valence-electron chi connectivity index (χ0n) is 62.4. The maximum Gasteiger partial charge on any atom is 0.266 e. The lowest BCUT2D eigenvalue weighted by Gasteiger charge is -2.37. The first-order valence-electron chi connectivity index (χ1n) is 37.6. The van der Waals surface area contributed by atoms with Crippen molar-refractivity contribution in [3.8, 4) is 11.8 Å². The minimum Gasteiger partial charge on any atom is -0.391 e. The third-order valence-electron chi connectivity index (χ3n) is 22.3. The van der Waals surface area contributed by atoms with E-state index < -0.39 is 330 Å². The number of likely N-dealkylation sites (N-methyl/N-ethyl adjacent to an activating group) is 1. The lowest BCUT2D eigenvalue weighted by atomic mass is 10.1. The molecule has 14 amide bonds. The number of carbonyl (C=O) groups excluding carboxylic acids is 14. The van der Waals surface area contributed by atoms with Crippen LogP contribution < -0.4 is 26.6 Å². The Hall–Kier alpha value is -7.69. The molecule has 16 N–H and O–H groups in total. The fourth-order valence-corrected chi connectivity index (χ4v) is 19.5. The van der Waals surface area contributed by atoms with Gasteiger partial charge in [0.05, 0.1) is 79.9 Å². The molecular weight excluding hydrogens is 1560 g/mol. The maximum atomic E-state index is 15.0. The summed E-state index contributed by atoms with van der Waals surface area (Å²) in [5.41, 5.74) is 0. The van der Waals surface area contributed by atoms with Crippen molar-refractivity contribution in [1.82, 2.24) is 75.6 Å². The second-order valence-electron chi connectivity index (χ2n) is 30.4. The van der Waals surface area contributed by atoms with E-state index in [0.29, 0.717) is 11.5 Å². The van der Waals surface area contributed by atoms with Crippen molar-refractivity contribution in [3.05, 3.63) is 0 Å². The second kappa shape index (κ2) is 37.5. The summed E-state index contributed by atoms with van der Waals surface area (Å²) in [5.74, 6) is -6.61. The number of amides is 14. The number of aliphatic hydroxyl groups excluding tert-OH is 10. The number of rotatable bonds is 26. The summed E-state index contributed by atoms with van der Waals surface area (Å²) < 4.78 is 32.0. The van der Waals surface area contributed by atoms with Crippen LogP contribution in [0, 0.1) is 11.8 Å². The number of β-amino-alcohol motifs (C(OH)–C–C–N with tert-alkyl or cyclic N) is 10. The number of nitrogens with zero attached hydrogens (tertiary/aromatic N) is 10. The van der Waals surface area contributed by atoms with Crippen molar-refractivity contribution in [2.45, 2.75) is 218 Å². The summed E-state index contributed by atoms with van der Waals surface area (Å²) in [6.07, 6.45) is -16.9. The number of likely N-dealkylation sites (tertiary alicyclic amines) is 10. The Kier molecular flexibility index (Phi) is 29.1. The highest BCUT2D eigenvalue weighted by molar-refractivity contribution is 8.76. The molecule has 10 aliphatic rings. The Labute approximate surface area is 657 Å². The Bertz CT molecular complexity index is 3830. The zero-order chi connectivity index (χ0) is 82.5. The number of carbonyl (C=O) groups is 14. The van der Waals surface area contributed by atoms with Crippen molar-refractivity contribution < 1.29 is 131 Å². The van der Waals surface area contributed by atoms with Gasteiger partial charge in [0.25, 0.3) is 10.1 Å². The van der Waals surface area contributed by atoms with Crippen molar-refractivity contribution in [2.75, 3.05) is 109 Å². The van der Waals surface area contributed by atoms with Crippen LogP contribution in [-0.4, -0.2) is 439 Å². The van der Waals surface area contributed by atoms with Gasteiger partial charge in [0.2, 0.25) is 82.7 Å². The molecule has 0 aromatic carbocycles. The Morgan fingerprint density at radius 3 is 0.965 bits per heavy atom. The van der Waals surface area contributed by atoms with Gasteiger partial charge in [0.15, 0.2) is 0 Å². The molecule has 10 aliphatic heterocycles. The molecule has 113 heavy (non-hydrogen) atoms. The van der Waals surface area contributed by atoms with E-state index in [1.165, 1.54) is 35.6 Å². The van der Waals surface area contributed by atoms with Gasteiger partial charge in [0.1, 0.15) is 72.5 Å². The van der Waals surface area contributed by atoms with Crippen LogP contribution >= 0.6 is 21.6 Å². The van der Waals surface area contributed by atoms with E-state index in [-0.39, 0.29) is 57.6 Å². The van der Waals surface area contributed by atoms with E-state index in [2.05, 4.69) is 38.4 Å². The minimum absolute atomic E-state index is 0.140. The number of hydrogen-bond donors (Lipinski definition) is 16. The van der Waals surface area contributed by atoms with E-state index in [9.17, 15) is 117 Å². The van der Waals surface area contributed by atoms with Crippen LogP contribution in [0.15, 0.2) is 0 Å². The monoisotopic (exact) mass is 1660 g/mol. The van der Waals surface area contributed by atoms with Crippen LogP contribution in [0.5, 0.6) is 0 Å². The molecule has 42 nitrogen and oxygen atoms in total. The summed E-state index contributed by atoms with van der Waals surface area (Å²) in [6.45, 7) is -2.20. The van der Waals surface area contributed by atoms with Crippen LogP contribution in [0.3, 0.4) is 0 Å². The van der Waals surface area contributed by atoms with Gasteiger partial charge in [0, 0.05) is 154 Å². The molecule has 45 heteroatoms. The molecule has 10 saturated heterocycles. The standard InChI is InChI=1S/C68H101N15O27S3/c1-4-5-7-70-55(94)6-9-111-112-10-8-71-59(98)45-11-34(84)23-75(45)61(100)47-13-36(86)25-77(47)63(102)49-15-38(88)27-79(49)65(104)51-17-40(90)29-81(51)67(106)53-19-42(92)31-83(53)68(107)54-20-43(93)30-82(54)66(105)52-18-41(91)28-80(52)64(103)50-16-39(89)26-78(50)62(101)48-14-37(87)24-76(48)60(99)46-12-35(85)22-74(46)56(95)21-72-57(96)33(2)73-58(97)44(69-3)32-113(108,109)110/h33-54,69,84-93H,6-32H2,1-3H3,(H,70,94)(H,71,98)(H,72,96)(H,73,97)(H,108,109,110). The third-order valence-corrected chi connectivity index (χ3v) is 25.4. The lowest BCUT2D eigenvalue weighted by molar-refractivity contribution is -0.156. The SMILES string of the molecule is CC#CCNC(=O)CCSSCCNC(=O)C1CC(O)CN1C(=O)C1CC(O)CN1C(=O)C1CC(O)CN1C(=O)C1CC(O)CN1C(=O)C1CC(O)CN1C(=O)C1CC(O)CN1C(=O)C1CC(O)CN1C(=O)C1CC(O)CN1C(=O)C1CC(O)CN1C(=O)C1CC(O)CN1C(=O)CNC(=O)C(C)NC(=O)C(CS(=O)(=O)O)NC.